The largest absolute Gasteiger partial charge is 0.492 e. The Morgan fingerprint density at radius 1 is 1.35 bits per heavy atom. The number of aliphatic hydroxyl groups is 1. The van der Waals surface area contributed by atoms with E-state index in [1.165, 1.54) is 5.69 Å². The van der Waals surface area contributed by atoms with Gasteiger partial charge in [0, 0.05) is 17.0 Å². The minimum absolute atomic E-state index is 0.321. The van der Waals surface area contributed by atoms with Gasteiger partial charge in [-0.05, 0) is 51.3 Å². The Morgan fingerprint density at radius 3 is 2.95 bits per heavy atom. The number of aliphatic hydroxyl groups excluding tert-OH is 1. The molecule has 0 saturated carbocycles. The summed E-state index contributed by atoms with van der Waals surface area (Å²) in [7, 11) is 0. The topological polar surface area (TPSA) is 34.4 Å². The van der Waals surface area contributed by atoms with Crippen LogP contribution in [0.3, 0.4) is 0 Å². The zero-order valence-electron chi connectivity index (χ0n) is 12.1. The van der Waals surface area contributed by atoms with Crippen LogP contribution in [0, 0.1) is 6.92 Å². The second-order valence-corrected chi connectivity index (χ2v) is 5.33. The number of rotatable bonds is 3. The first-order valence-electron chi connectivity index (χ1n) is 7.33. The standard InChI is InChI=1S/C17H21NO2/c1-3-20-17-10-5-4-7-15(17)18-12(2)11-13-14(18)8-6-9-16(13)19/h4-5,7,10-11,16,19H,3,6,8-9H2,1-2H3. The molecule has 106 valence electrons. The van der Waals surface area contributed by atoms with Gasteiger partial charge >= 0.3 is 0 Å². The van der Waals surface area contributed by atoms with Crippen LogP contribution in [0.15, 0.2) is 30.3 Å². The number of para-hydroxylation sites is 2. The SMILES string of the molecule is CCOc1ccccc1-n1c(C)cc2c1CCCC2O. The Morgan fingerprint density at radius 2 is 2.15 bits per heavy atom. The van der Waals surface area contributed by atoms with Gasteiger partial charge in [0.25, 0.3) is 0 Å². The Kier molecular flexibility index (Phi) is 3.53. The summed E-state index contributed by atoms with van der Waals surface area (Å²) in [4.78, 5) is 0. The third-order valence-electron chi connectivity index (χ3n) is 3.98. The predicted molar refractivity (Wildman–Crippen MR) is 79.6 cm³/mol. The fraction of sp³-hybridized carbons (Fsp3) is 0.412. The van der Waals surface area contributed by atoms with Gasteiger partial charge in [0.1, 0.15) is 5.75 Å². The fourth-order valence-corrected chi connectivity index (χ4v) is 3.13. The average Bonchev–Trinajstić information content (AvgIpc) is 2.78. The summed E-state index contributed by atoms with van der Waals surface area (Å²) < 4.78 is 7.99. The van der Waals surface area contributed by atoms with E-state index in [0.717, 1.165) is 42.0 Å². The number of fused-ring (bicyclic) bond motifs is 1. The maximum atomic E-state index is 10.2. The van der Waals surface area contributed by atoms with E-state index in [-0.39, 0.29) is 6.10 Å². The molecule has 0 fully saturated rings. The van der Waals surface area contributed by atoms with Gasteiger partial charge in [-0.15, -0.1) is 0 Å². The molecule has 0 amide bonds. The summed E-state index contributed by atoms with van der Waals surface area (Å²) in [5.74, 6) is 0.900. The molecule has 0 spiro atoms. The summed E-state index contributed by atoms with van der Waals surface area (Å²) in [5, 5.41) is 10.2. The minimum Gasteiger partial charge on any atom is -0.492 e. The van der Waals surface area contributed by atoms with E-state index in [4.69, 9.17) is 4.74 Å². The van der Waals surface area contributed by atoms with Crippen molar-refractivity contribution in [1.82, 2.24) is 4.57 Å². The molecule has 3 nitrogen and oxygen atoms in total. The van der Waals surface area contributed by atoms with Gasteiger partial charge in [-0.3, -0.25) is 0 Å². The van der Waals surface area contributed by atoms with Crippen LogP contribution in [0.1, 0.15) is 42.8 Å². The van der Waals surface area contributed by atoms with Crippen LogP contribution in [0.5, 0.6) is 5.75 Å². The molecule has 0 aliphatic heterocycles. The van der Waals surface area contributed by atoms with E-state index in [1.54, 1.807) is 0 Å². The number of aryl methyl sites for hydroxylation is 1. The number of aromatic nitrogens is 1. The highest BCUT2D eigenvalue weighted by Gasteiger charge is 2.24. The van der Waals surface area contributed by atoms with Crippen molar-refractivity contribution in [2.75, 3.05) is 6.61 Å². The van der Waals surface area contributed by atoms with Crippen molar-refractivity contribution in [3.63, 3.8) is 0 Å². The van der Waals surface area contributed by atoms with Gasteiger partial charge in [-0.25, -0.2) is 0 Å². The highest BCUT2D eigenvalue weighted by molar-refractivity contribution is 5.51. The third-order valence-corrected chi connectivity index (χ3v) is 3.98. The van der Waals surface area contributed by atoms with E-state index in [1.807, 2.05) is 25.1 Å². The smallest absolute Gasteiger partial charge is 0.143 e. The van der Waals surface area contributed by atoms with Crippen molar-refractivity contribution in [1.29, 1.82) is 0 Å². The molecule has 1 aliphatic rings. The Bertz CT molecular complexity index is 615. The fourth-order valence-electron chi connectivity index (χ4n) is 3.13. The molecule has 1 heterocycles. The number of hydrogen-bond donors (Lipinski definition) is 1. The highest BCUT2D eigenvalue weighted by Crippen LogP contribution is 2.36. The lowest BCUT2D eigenvalue weighted by Gasteiger charge is -2.21. The molecule has 20 heavy (non-hydrogen) atoms. The summed E-state index contributed by atoms with van der Waals surface area (Å²) >= 11 is 0. The van der Waals surface area contributed by atoms with E-state index in [9.17, 15) is 5.11 Å². The summed E-state index contributed by atoms with van der Waals surface area (Å²) in [6.45, 7) is 4.74. The quantitative estimate of drug-likeness (QED) is 0.926. The van der Waals surface area contributed by atoms with Gasteiger partial charge in [0.15, 0.2) is 0 Å². The predicted octanol–water partition coefficient (Wildman–Crippen LogP) is 3.55. The minimum atomic E-state index is -0.321. The molecule has 3 rings (SSSR count). The van der Waals surface area contributed by atoms with Gasteiger partial charge in [0.05, 0.1) is 18.4 Å². The van der Waals surface area contributed by atoms with Gasteiger partial charge < -0.3 is 14.4 Å². The van der Waals surface area contributed by atoms with Gasteiger partial charge in [-0.2, -0.15) is 0 Å². The Balaban J connectivity index is 2.16. The number of nitrogens with zero attached hydrogens (tertiary/aromatic N) is 1. The van der Waals surface area contributed by atoms with E-state index >= 15 is 0 Å². The van der Waals surface area contributed by atoms with E-state index < -0.39 is 0 Å². The molecule has 1 unspecified atom stereocenters. The number of hydrogen-bond acceptors (Lipinski definition) is 2. The maximum absolute atomic E-state index is 10.2. The highest BCUT2D eigenvalue weighted by atomic mass is 16.5. The number of ether oxygens (including phenoxy) is 1. The van der Waals surface area contributed by atoms with Crippen LogP contribution < -0.4 is 4.74 Å². The van der Waals surface area contributed by atoms with Gasteiger partial charge in [0.2, 0.25) is 0 Å². The molecule has 1 atom stereocenters. The lowest BCUT2D eigenvalue weighted by atomic mass is 9.95. The van der Waals surface area contributed by atoms with Crippen molar-refractivity contribution in [3.05, 3.63) is 47.3 Å². The summed E-state index contributed by atoms with van der Waals surface area (Å²) in [6, 6.07) is 10.2. The van der Waals surface area contributed by atoms with Crippen LogP contribution in [0.2, 0.25) is 0 Å². The average molecular weight is 271 g/mol. The van der Waals surface area contributed by atoms with Crippen LogP contribution in [0.4, 0.5) is 0 Å². The number of benzene rings is 1. The molecular weight excluding hydrogens is 250 g/mol. The second kappa shape index (κ2) is 5.33. The molecular formula is C17H21NO2. The Labute approximate surface area is 119 Å². The molecule has 3 heteroatoms. The van der Waals surface area contributed by atoms with E-state index in [2.05, 4.69) is 23.6 Å². The van der Waals surface area contributed by atoms with Crippen molar-refractivity contribution in [2.24, 2.45) is 0 Å². The molecule has 0 radical (unpaired) electrons. The lowest BCUT2D eigenvalue weighted by Crippen LogP contribution is -2.12. The van der Waals surface area contributed by atoms with Crippen molar-refractivity contribution < 1.29 is 9.84 Å². The molecule has 1 N–H and O–H groups in total. The summed E-state index contributed by atoms with van der Waals surface area (Å²) in [5.41, 5.74) is 4.54. The van der Waals surface area contributed by atoms with Crippen LogP contribution in [-0.4, -0.2) is 16.3 Å². The molecule has 1 aromatic carbocycles. The third kappa shape index (κ3) is 2.12. The Hall–Kier alpha value is -1.74. The monoisotopic (exact) mass is 271 g/mol. The van der Waals surface area contributed by atoms with Crippen LogP contribution >= 0.6 is 0 Å². The first-order chi connectivity index (χ1) is 9.72. The second-order valence-electron chi connectivity index (χ2n) is 5.33. The normalized spacial score (nSPS) is 17.9. The molecule has 0 bridgehead atoms. The molecule has 0 saturated heterocycles. The van der Waals surface area contributed by atoms with Crippen molar-refractivity contribution >= 4 is 0 Å². The molecule has 1 aromatic heterocycles. The van der Waals surface area contributed by atoms with Crippen LogP contribution in [-0.2, 0) is 6.42 Å². The van der Waals surface area contributed by atoms with Gasteiger partial charge in [-0.1, -0.05) is 12.1 Å². The first kappa shape index (κ1) is 13.3. The molecule has 2 aromatic rings. The van der Waals surface area contributed by atoms with Crippen molar-refractivity contribution in [2.45, 2.75) is 39.2 Å². The van der Waals surface area contributed by atoms with E-state index in [0.29, 0.717) is 6.61 Å². The zero-order valence-corrected chi connectivity index (χ0v) is 12.1. The zero-order chi connectivity index (χ0) is 14.1. The summed E-state index contributed by atoms with van der Waals surface area (Å²) in [6.07, 6.45) is 2.59. The maximum Gasteiger partial charge on any atom is 0.143 e. The molecule has 1 aliphatic carbocycles. The first-order valence-corrected chi connectivity index (χ1v) is 7.33. The van der Waals surface area contributed by atoms with Crippen LogP contribution in [0.25, 0.3) is 5.69 Å². The van der Waals surface area contributed by atoms with Crippen molar-refractivity contribution in [3.8, 4) is 11.4 Å². The lowest BCUT2D eigenvalue weighted by molar-refractivity contribution is 0.156.